The van der Waals surface area contributed by atoms with E-state index in [1.807, 2.05) is 6.92 Å². The molecular weight excluding hydrogens is 256 g/mol. The fourth-order valence-corrected chi connectivity index (χ4v) is 2.81. The van der Waals surface area contributed by atoms with Crippen LogP contribution in [0.3, 0.4) is 0 Å². The zero-order valence-corrected chi connectivity index (χ0v) is 11.5. The van der Waals surface area contributed by atoms with Crippen LogP contribution in [0.5, 0.6) is 0 Å². The normalized spacial score (nSPS) is 11.3. The number of aryl methyl sites for hydroxylation is 1. The second kappa shape index (κ2) is 5.01. The minimum absolute atomic E-state index is 0.336. The predicted octanol–water partition coefficient (Wildman–Crippen LogP) is 1.68. The van der Waals surface area contributed by atoms with Gasteiger partial charge < -0.3 is 5.84 Å². The van der Waals surface area contributed by atoms with Crippen LogP contribution in [0.15, 0.2) is 9.50 Å². The van der Waals surface area contributed by atoms with Gasteiger partial charge in [-0.15, -0.1) is 10.2 Å². The summed E-state index contributed by atoms with van der Waals surface area (Å²) in [5.41, 5.74) is 0. The quantitative estimate of drug-likeness (QED) is 0.851. The first kappa shape index (κ1) is 12.3. The van der Waals surface area contributed by atoms with E-state index >= 15 is 0 Å². The van der Waals surface area contributed by atoms with Crippen LogP contribution in [-0.4, -0.2) is 24.2 Å². The van der Waals surface area contributed by atoms with Crippen molar-refractivity contribution in [3.05, 3.63) is 11.6 Å². The van der Waals surface area contributed by atoms with E-state index in [-0.39, 0.29) is 0 Å². The Labute approximate surface area is 108 Å². The molecule has 2 N–H and O–H groups in total. The van der Waals surface area contributed by atoms with Crippen LogP contribution in [0.25, 0.3) is 0 Å². The molecule has 2 rings (SSSR count). The van der Waals surface area contributed by atoms with Crippen molar-refractivity contribution in [2.24, 2.45) is 0 Å². The van der Waals surface area contributed by atoms with Crippen molar-refractivity contribution in [3.8, 4) is 0 Å². The molecular formula is C9H14N6S2. The number of hydrogen-bond donors (Lipinski definition) is 1. The van der Waals surface area contributed by atoms with Gasteiger partial charge in [-0.1, -0.05) is 20.8 Å². The van der Waals surface area contributed by atoms with Crippen molar-refractivity contribution in [1.82, 2.24) is 24.2 Å². The number of rotatable bonds is 4. The first-order chi connectivity index (χ1) is 8.11. The molecule has 0 saturated carbocycles. The Balaban J connectivity index is 2.16. The lowest BCUT2D eigenvalue weighted by atomic mass is 10.2. The van der Waals surface area contributed by atoms with E-state index in [9.17, 15) is 0 Å². The van der Waals surface area contributed by atoms with Gasteiger partial charge in [0.05, 0.1) is 0 Å². The first-order valence-corrected chi connectivity index (χ1v) is 6.91. The largest absolute Gasteiger partial charge is 0.336 e. The maximum absolute atomic E-state index is 5.86. The molecule has 0 aliphatic heterocycles. The molecule has 2 aromatic heterocycles. The number of hydrogen-bond acceptors (Lipinski definition) is 7. The highest BCUT2D eigenvalue weighted by molar-refractivity contribution is 8.00. The molecule has 0 aliphatic rings. The highest BCUT2D eigenvalue weighted by Gasteiger charge is 2.14. The Hall–Kier alpha value is -1.15. The number of nitrogens with zero attached hydrogens (tertiary/aromatic N) is 5. The molecule has 0 unspecified atom stereocenters. The molecule has 0 spiro atoms. The fourth-order valence-electron chi connectivity index (χ4n) is 1.19. The van der Waals surface area contributed by atoms with Crippen LogP contribution >= 0.6 is 23.3 Å². The summed E-state index contributed by atoms with van der Waals surface area (Å²) < 4.78 is 6.62. The van der Waals surface area contributed by atoms with Crippen LogP contribution in [0.1, 0.15) is 38.3 Å². The number of nitrogens with two attached hydrogens (primary N) is 1. The Bertz CT molecular complexity index is 503. The molecule has 0 atom stereocenters. The summed E-state index contributed by atoms with van der Waals surface area (Å²) in [5.74, 6) is 7.81. The van der Waals surface area contributed by atoms with Gasteiger partial charge in [0.1, 0.15) is 5.82 Å². The average molecular weight is 270 g/mol. The lowest BCUT2D eigenvalue weighted by Crippen LogP contribution is -2.13. The van der Waals surface area contributed by atoms with Gasteiger partial charge in [0.15, 0.2) is 10.2 Å². The SMILES string of the molecule is CCc1nnc(Sc2nc(C(C)C)ns2)n1N. The second-order valence-electron chi connectivity index (χ2n) is 3.80. The monoisotopic (exact) mass is 270 g/mol. The zero-order chi connectivity index (χ0) is 12.4. The lowest BCUT2D eigenvalue weighted by Gasteiger charge is -1.99. The smallest absolute Gasteiger partial charge is 0.216 e. The molecule has 8 heteroatoms. The molecule has 0 bridgehead atoms. The van der Waals surface area contributed by atoms with E-state index in [0.29, 0.717) is 11.1 Å². The van der Waals surface area contributed by atoms with Crippen molar-refractivity contribution in [1.29, 1.82) is 0 Å². The summed E-state index contributed by atoms with van der Waals surface area (Å²) in [4.78, 5) is 4.41. The van der Waals surface area contributed by atoms with Gasteiger partial charge >= 0.3 is 0 Å². The minimum atomic E-state index is 0.336. The highest BCUT2D eigenvalue weighted by Crippen LogP contribution is 2.28. The van der Waals surface area contributed by atoms with E-state index in [1.165, 1.54) is 28.0 Å². The molecule has 17 heavy (non-hydrogen) atoms. The molecule has 92 valence electrons. The Morgan fingerprint density at radius 1 is 1.41 bits per heavy atom. The summed E-state index contributed by atoms with van der Waals surface area (Å²) in [5, 5.41) is 8.67. The van der Waals surface area contributed by atoms with Gasteiger partial charge in [-0.05, 0) is 23.3 Å². The molecule has 0 saturated heterocycles. The second-order valence-corrected chi connectivity index (χ2v) is 5.76. The Morgan fingerprint density at radius 2 is 2.18 bits per heavy atom. The molecule has 0 aliphatic carbocycles. The standard InChI is InChI=1S/C9H14N6S2/c1-4-6-12-13-8(15(6)10)16-9-11-7(5(2)3)14-17-9/h5H,4,10H2,1-3H3. The molecule has 2 aromatic rings. The molecule has 0 amide bonds. The number of nitrogen functional groups attached to an aromatic ring is 1. The third-order valence-electron chi connectivity index (χ3n) is 2.17. The van der Waals surface area contributed by atoms with Gasteiger partial charge in [0.25, 0.3) is 0 Å². The Kier molecular flexibility index (Phi) is 3.63. The maximum Gasteiger partial charge on any atom is 0.216 e. The predicted molar refractivity (Wildman–Crippen MR) is 67.7 cm³/mol. The van der Waals surface area contributed by atoms with Crippen molar-refractivity contribution < 1.29 is 0 Å². The van der Waals surface area contributed by atoms with Crippen LogP contribution in [0.2, 0.25) is 0 Å². The van der Waals surface area contributed by atoms with E-state index in [0.717, 1.165) is 22.4 Å². The van der Waals surface area contributed by atoms with Crippen LogP contribution in [0, 0.1) is 0 Å². The van der Waals surface area contributed by atoms with Gasteiger partial charge in [-0.25, -0.2) is 9.66 Å². The van der Waals surface area contributed by atoms with E-state index in [4.69, 9.17) is 5.84 Å². The van der Waals surface area contributed by atoms with Gasteiger partial charge in [-0.3, -0.25) is 0 Å². The van der Waals surface area contributed by atoms with Crippen molar-refractivity contribution in [2.75, 3.05) is 5.84 Å². The lowest BCUT2D eigenvalue weighted by molar-refractivity contribution is 0.784. The van der Waals surface area contributed by atoms with Crippen LogP contribution in [-0.2, 0) is 6.42 Å². The number of aromatic nitrogens is 5. The van der Waals surface area contributed by atoms with E-state index < -0.39 is 0 Å². The van der Waals surface area contributed by atoms with E-state index in [1.54, 1.807) is 0 Å². The Morgan fingerprint density at radius 3 is 2.71 bits per heavy atom. The first-order valence-electron chi connectivity index (χ1n) is 5.32. The third kappa shape index (κ3) is 2.58. The summed E-state index contributed by atoms with van der Waals surface area (Å²) in [6, 6.07) is 0. The highest BCUT2D eigenvalue weighted by atomic mass is 32.2. The van der Waals surface area contributed by atoms with Crippen LogP contribution in [0.4, 0.5) is 0 Å². The fraction of sp³-hybridized carbons (Fsp3) is 0.556. The maximum atomic E-state index is 5.86. The van der Waals surface area contributed by atoms with Crippen LogP contribution < -0.4 is 5.84 Å². The molecule has 2 heterocycles. The summed E-state index contributed by atoms with van der Waals surface area (Å²) >= 11 is 2.76. The van der Waals surface area contributed by atoms with Gasteiger partial charge in [0, 0.05) is 12.3 Å². The molecule has 0 fully saturated rings. The minimum Gasteiger partial charge on any atom is -0.336 e. The molecule has 0 radical (unpaired) electrons. The molecule has 6 nitrogen and oxygen atoms in total. The topological polar surface area (TPSA) is 82.5 Å². The van der Waals surface area contributed by atoms with Crippen molar-refractivity contribution in [2.45, 2.75) is 42.6 Å². The van der Waals surface area contributed by atoms with Gasteiger partial charge in [0.2, 0.25) is 5.16 Å². The van der Waals surface area contributed by atoms with Crippen molar-refractivity contribution in [3.63, 3.8) is 0 Å². The van der Waals surface area contributed by atoms with Gasteiger partial charge in [-0.2, -0.15) is 4.37 Å². The summed E-state index contributed by atoms with van der Waals surface area (Å²) in [7, 11) is 0. The zero-order valence-electron chi connectivity index (χ0n) is 9.91. The molecule has 0 aromatic carbocycles. The summed E-state index contributed by atoms with van der Waals surface area (Å²) in [6.07, 6.45) is 0.761. The third-order valence-corrected chi connectivity index (χ3v) is 3.90. The van der Waals surface area contributed by atoms with E-state index in [2.05, 4.69) is 33.4 Å². The van der Waals surface area contributed by atoms with Crippen molar-refractivity contribution >= 4 is 23.3 Å². The summed E-state index contributed by atoms with van der Waals surface area (Å²) in [6.45, 7) is 6.12. The average Bonchev–Trinajstić information content (AvgIpc) is 2.88.